The van der Waals surface area contributed by atoms with Gasteiger partial charge in [0, 0.05) is 16.9 Å². The van der Waals surface area contributed by atoms with Gasteiger partial charge in [0.15, 0.2) is 0 Å². The lowest BCUT2D eigenvalue weighted by molar-refractivity contribution is -0.141. The minimum Gasteiger partial charge on any atom is -0.469 e. The van der Waals surface area contributed by atoms with E-state index in [1.54, 1.807) is 7.05 Å². The fraction of sp³-hybridized carbons (Fsp3) is 0.467. The van der Waals surface area contributed by atoms with E-state index in [4.69, 9.17) is 4.74 Å². The lowest BCUT2D eigenvalue weighted by atomic mass is 10.0. The first-order chi connectivity index (χ1) is 9.97. The van der Waals surface area contributed by atoms with Crippen LogP contribution < -0.4 is 10.6 Å². The van der Waals surface area contributed by atoms with Gasteiger partial charge in [-0.15, -0.1) is 0 Å². The molecule has 0 fully saturated rings. The van der Waals surface area contributed by atoms with Crippen LogP contribution in [0.4, 0.5) is 0 Å². The molecule has 0 spiro atoms. The van der Waals surface area contributed by atoms with E-state index in [0.717, 1.165) is 10.0 Å². The highest BCUT2D eigenvalue weighted by Crippen LogP contribution is 2.21. The average molecular weight is 357 g/mol. The first-order valence-corrected chi connectivity index (χ1v) is 7.54. The first kappa shape index (κ1) is 17.7. The Kier molecular flexibility index (Phi) is 7.39. The topological polar surface area (TPSA) is 67.4 Å². The largest absolute Gasteiger partial charge is 0.469 e. The number of ether oxygens (including phenoxy) is 1. The number of amides is 1. The Hall–Kier alpha value is -1.40. The highest BCUT2D eigenvalue weighted by atomic mass is 79.9. The second kappa shape index (κ2) is 8.79. The molecule has 21 heavy (non-hydrogen) atoms. The number of methoxy groups -OCH3 is 1. The Labute approximate surface area is 133 Å². The first-order valence-electron chi connectivity index (χ1n) is 6.75. The van der Waals surface area contributed by atoms with Crippen LogP contribution >= 0.6 is 15.9 Å². The number of carbonyl (C=O) groups excluding carboxylic acids is 2. The molecule has 5 nitrogen and oxygen atoms in total. The van der Waals surface area contributed by atoms with Crippen molar-refractivity contribution in [2.75, 3.05) is 20.7 Å². The lowest BCUT2D eigenvalue weighted by Crippen LogP contribution is -2.37. The summed E-state index contributed by atoms with van der Waals surface area (Å²) >= 11 is 3.39. The number of hydrogen-bond acceptors (Lipinski definition) is 4. The average Bonchev–Trinajstić information content (AvgIpc) is 2.46. The molecule has 0 aliphatic carbocycles. The fourth-order valence-electron chi connectivity index (χ4n) is 1.94. The van der Waals surface area contributed by atoms with Crippen LogP contribution in [0.2, 0.25) is 0 Å². The number of benzene rings is 1. The summed E-state index contributed by atoms with van der Waals surface area (Å²) in [4.78, 5) is 23.7. The second-order valence-electron chi connectivity index (χ2n) is 4.86. The molecule has 0 aliphatic heterocycles. The third-order valence-electron chi connectivity index (χ3n) is 3.12. The number of halogens is 1. The van der Waals surface area contributed by atoms with Crippen LogP contribution in [-0.2, 0) is 14.3 Å². The van der Waals surface area contributed by atoms with E-state index in [1.165, 1.54) is 7.11 Å². The molecule has 1 aromatic rings. The van der Waals surface area contributed by atoms with Gasteiger partial charge in [-0.1, -0.05) is 35.0 Å². The van der Waals surface area contributed by atoms with Crippen LogP contribution in [0, 0.1) is 5.92 Å². The zero-order chi connectivity index (χ0) is 15.8. The van der Waals surface area contributed by atoms with Gasteiger partial charge < -0.3 is 15.4 Å². The lowest BCUT2D eigenvalue weighted by Gasteiger charge is -2.21. The van der Waals surface area contributed by atoms with Crippen molar-refractivity contribution in [2.45, 2.75) is 19.4 Å². The summed E-state index contributed by atoms with van der Waals surface area (Å²) in [7, 11) is 3.13. The van der Waals surface area contributed by atoms with Gasteiger partial charge in [-0.25, -0.2) is 0 Å². The maximum atomic E-state index is 12.2. The molecule has 0 aliphatic rings. The third-order valence-corrected chi connectivity index (χ3v) is 3.62. The second-order valence-corrected chi connectivity index (χ2v) is 5.77. The normalized spacial score (nSPS) is 13.3. The van der Waals surface area contributed by atoms with Crippen LogP contribution in [0.1, 0.15) is 24.9 Å². The molecule has 1 amide bonds. The molecule has 2 atom stereocenters. The van der Waals surface area contributed by atoms with Gasteiger partial charge in [0.1, 0.15) is 0 Å². The van der Waals surface area contributed by atoms with Gasteiger partial charge in [0.2, 0.25) is 5.91 Å². The van der Waals surface area contributed by atoms with Crippen LogP contribution in [0.3, 0.4) is 0 Å². The fourth-order valence-corrected chi connectivity index (χ4v) is 2.36. The molecule has 2 unspecified atom stereocenters. The molecule has 0 bridgehead atoms. The molecule has 0 aromatic heterocycles. The van der Waals surface area contributed by atoms with Crippen molar-refractivity contribution in [3.63, 3.8) is 0 Å². The Balaban J connectivity index is 2.87. The van der Waals surface area contributed by atoms with Crippen LogP contribution in [0.15, 0.2) is 28.7 Å². The van der Waals surface area contributed by atoms with E-state index in [-0.39, 0.29) is 24.2 Å². The third kappa shape index (κ3) is 5.85. The Bertz CT molecular complexity index is 494. The van der Waals surface area contributed by atoms with E-state index in [2.05, 4.69) is 26.6 Å². The number of rotatable bonds is 7. The molecular weight excluding hydrogens is 336 g/mol. The predicted molar refractivity (Wildman–Crippen MR) is 84.7 cm³/mol. The molecule has 1 rings (SSSR count). The van der Waals surface area contributed by atoms with Crippen molar-refractivity contribution < 1.29 is 14.3 Å². The quantitative estimate of drug-likeness (QED) is 0.733. The maximum absolute atomic E-state index is 12.2. The van der Waals surface area contributed by atoms with Gasteiger partial charge in [-0.2, -0.15) is 0 Å². The summed E-state index contributed by atoms with van der Waals surface area (Å²) in [6.45, 7) is 2.41. The molecule has 6 heteroatoms. The van der Waals surface area contributed by atoms with Crippen LogP contribution in [-0.4, -0.2) is 32.6 Å². The molecule has 1 aromatic carbocycles. The molecule has 0 saturated carbocycles. The molecule has 0 heterocycles. The van der Waals surface area contributed by atoms with Gasteiger partial charge in [0.05, 0.1) is 19.6 Å². The van der Waals surface area contributed by atoms with E-state index < -0.39 is 6.04 Å². The zero-order valence-electron chi connectivity index (χ0n) is 12.5. The van der Waals surface area contributed by atoms with E-state index >= 15 is 0 Å². The molecular formula is C15H21BrN2O3. The number of nitrogens with one attached hydrogen (secondary N) is 2. The molecule has 0 saturated heterocycles. The summed E-state index contributed by atoms with van der Waals surface area (Å²) in [5.41, 5.74) is 0.861. The minimum atomic E-state index is -0.401. The van der Waals surface area contributed by atoms with Crippen molar-refractivity contribution >= 4 is 27.8 Å². The summed E-state index contributed by atoms with van der Waals surface area (Å²) in [6, 6.07) is 7.12. The Morgan fingerprint density at radius 1 is 1.38 bits per heavy atom. The van der Waals surface area contributed by atoms with Crippen LogP contribution in [0.5, 0.6) is 0 Å². The van der Waals surface area contributed by atoms with Gasteiger partial charge in [-0.05, 0) is 24.7 Å². The SMILES string of the molecule is CNCC(C)C(=O)NC(CC(=O)OC)c1cccc(Br)c1. The highest BCUT2D eigenvalue weighted by Gasteiger charge is 2.21. The van der Waals surface area contributed by atoms with E-state index in [1.807, 2.05) is 31.2 Å². The Morgan fingerprint density at radius 3 is 2.67 bits per heavy atom. The zero-order valence-corrected chi connectivity index (χ0v) is 14.1. The standard InChI is InChI=1S/C15H21BrN2O3/c1-10(9-17-2)15(20)18-13(8-14(19)21-3)11-5-4-6-12(16)7-11/h4-7,10,13,17H,8-9H2,1-3H3,(H,18,20). The number of esters is 1. The van der Waals surface area contributed by atoms with Gasteiger partial charge in [0.25, 0.3) is 0 Å². The van der Waals surface area contributed by atoms with E-state index in [0.29, 0.717) is 6.54 Å². The van der Waals surface area contributed by atoms with Crippen LogP contribution in [0.25, 0.3) is 0 Å². The summed E-state index contributed by atoms with van der Waals surface area (Å²) in [6.07, 6.45) is 0.102. The van der Waals surface area contributed by atoms with Gasteiger partial charge in [-0.3, -0.25) is 9.59 Å². The summed E-state index contributed by atoms with van der Waals surface area (Å²) in [5, 5.41) is 5.87. The van der Waals surface area contributed by atoms with Crippen molar-refractivity contribution in [3.8, 4) is 0 Å². The minimum absolute atomic E-state index is 0.0989. The monoisotopic (exact) mass is 356 g/mol. The number of hydrogen-bond donors (Lipinski definition) is 2. The smallest absolute Gasteiger partial charge is 0.307 e. The van der Waals surface area contributed by atoms with Crippen molar-refractivity contribution in [3.05, 3.63) is 34.3 Å². The van der Waals surface area contributed by atoms with Gasteiger partial charge >= 0.3 is 5.97 Å². The maximum Gasteiger partial charge on any atom is 0.307 e. The van der Waals surface area contributed by atoms with E-state index in [9.17, 15) is 9.59 Å². The van der Waals surface area contributed by atoms with Crippen molar-refractivity contribution in [2.24, 2.45) is 5.92 Å². The number of carbonyl (C=O) groups is 2. The van der Waals surface area contributed by atoms with Crippen molar-refractivity contribution in [1.82, 2.24) is 10.6 Å². The summed E-state index contributed by atoms with van der Waals surface area (Å²) in [5.74, 6) is -0.637. The summed E-state index contributed by atoms with van der Waals surface area (Å²) < 4.78 is 5.60. The van der Waals surface area contributed by atoms with Crippen molar-refractivity contribution in [1.29, 1.82) is 0 Å². The Morgan fingerprint density at radius 2 is 2.10 bits per heavy atom. The molecule has 0 radical (unpaired) electrons. The molecule has 2 N–H and O–H groups in total. The highest BCUT2D eigenvalue weighted by molar-refractivity contribution is 9.10. The molecule has 116 valence electrons. The predicted octanol–water partition coefficient (Wildman–Crippen LogP) is 2.02.